The number of halogens is 2. The van der Waals surface area contributed by atoms with E-state index < -0.39 is 12.0 Å². The van der Waals surface area contributed by atoms with Gasteiger partial charge in [-0.15, -0.1) is 0 Å². The van der Waals surface area contributed by atoms with Gasteiger partial charge in [-0.25, -0.2) is 4.79 Å². The highest BCUT2D eigenvalue weighted by molar-refractivity contribution is 6.42. The summed E-state index contributed by atoms with van der Waals surface area (Å²) in [5.41, 5.74) is 0.711. The molecule has 1 saturated heterocycles. The summed E-state index contributed by atoms with van der Waals surface area (Å²) in [6, 6.07) is 3.98. The van der Waals surface area contributed by atoms with Crippen LogP contribution >= 0.6 is 23.2 Å². The second kappa shape index (κ2) is 11.2. The van der Waals surface area contributed by atoms with Crippen molar-refractivity contribution >= 4 is 53.0 Å². The zero-order valence-electron chi connectivity index (χ0n) is 17.6. The highest BCUT2D eigenvalue weighted by Crippen LogP contribution is 2.23. The van der Waals surface area contributed by atoms with Crippen LogP contribution in [0.1, 0.15) is 18.4 Å². The van der Waals surface area contributed by atoms with Gasteiger partial charge in [-0.1, -0.05) is 29.3 Å². The van der Waals surface area contributed by atoms with Gasteiger partial charge in [0.25, 0.3) is 0 Å². The predicted octanol–water partition coefficient (Wildman–Crippen LogP) is 2.09. The van der Waals surface area contributed by atoms with Gasteiger partial charge in [-0.3, -0.25) is 14.4 Å². The number of amides is 3. The van der Waals surface area contributed by atoms with Crippen LogP contribution in [0.3, 0.4) is 0 Å². The quantitative estimate of drug-likeness (QED) is 0.470. The van der Waals surface area contributed by atoms with Gasteiger partial charge in [-0.2, -0.15) is 0 Å². The van der Waals surface area contributed by atoms with Crippen LogP contribution in [0.4, 0.5) is 0 Å². The van der Waals surface area contributed by atoms with E-state index in [1.807, 2.05) is 0 Å². The van der Waals surface area contributed by atoms with Gasteiger partial charge < -0.3 is 19.4 Å². The highest BCUT2D eigenvalue weighted by atomic mass is 35.5. The van der Waals surface area contributed by atoms with Crippen LogP contribution in [-0.4, -0.2) is 85.3 Å². The lowest BCUT2D eigenvalue weighted by Gasteiger charge is -2.29. The van der Waals surface area contributed by atoms with Crippen LogP contribution in [-0.2, 0) is 23.9 Å². The standard InChI is InChI=1S/C21H25Cl2N3O5/c1-24(2)20(29)13-17(21(30)31-3)26-11-10-25(9-8-19(26)28)18(27)7-5-14-4-6-15(22)16(23)12-14/h4-7,12,17H,8-11,13H2,1-3H3/b7-5+. The van der Waals surface area contributed by atoms with Crippen molar-refractivity contribution in [1.82, 2.24) is 14.7 Å². The van der Waals surface area contributed by atoms with Crippen molar-refractivity contribution in [3.05, 3.63) is 39.9 Å². The first-order valence-corrected chi connectivity index (χ1v) is 10.4. The number of ether oxygens (including phenoxy) is 1. The van der Waals surface area contributed by atoms with Crippen LogP contribution in [0.25, 0.3) is 6.08 Å². The van der Waals surface area contributed by atoms with Crippen molar-refractivity contribution in [3.8, 4) is 0 Å². The third-order valence-corrected chi connectivity index (χ3v) is 5.66. The Morgan fingerprint density at radius 2 is 1.87 bits per heavy atom. The van der Waals surface area contributed by atoms with Crippen LogP contribution in [0.5, 0.6) is 0 Å². The molecular weight excluding hydrogens is 445 g/mol. The summed E-state index contributed by atoms with van der Waals surface area (Å²) in [4.78, 5) is 53.9. The molecule has 1 unspecified atom stereocenters. The molecule has 1 aliphatic rings. The zero-order valence-corrected chi connectivity index (χ0v) is 19.2. The largest absolute Gasteiger partial charge is 0.467 e. The summed E-state index contributed by atoms with van der Waals surface area (Å²) in [5, 5.41) is 0.803. The summed E-state index contributed by atoms with van der Waals surface area (Å²) >= 11 is 11.9. The molecule has 1 aromatic carbocycles. The molecule has 1 aromatic rings. The summed E-state index contributed by atoms with van der Waals surface area (Å²) in [5.74, 6) is -1.56. The first kappa shape index (κ1) is 24.7. The minimum Gasteiger partial charge on any atom is -0.467 e. The summed E-state index contributed by atoms with van der Waals surface area (Å²) in [7, 11) is 4.35. The Balaban J connectivity index is 2.10. The van der Waals surface area contributed by atoms with Crippen molar-refractivity contribution < 1.29 is 23.9 Å². The van der Waals surface area contributed by atoms with E-state index >= 15 is 0 Å². The van der Waals surface area contributed by atoms with Gasteiger partial charge in [0.2, 0.25) is 17.7 Å². The molecule has 3 amide bonds. The smallest absolute Gasteiger partial charge is 0.329 e. The number of hydrogen-bond acceptors (Lipinski definition) is 5. The first-order chi connectivity index (χ1) is 14.6. The lowest BCUT2D eigenvalue weighted by molar-refractivity contribution is -0.155. The molecule has 0 radical (unpaired) electrons. The van der Waals surface area contributed by atoms with Gasteiger partial charge in [0.05, 0.1) is 23.6 Å². The maximum atomic E-state index is 12.7. The van der Waals surface area contributed by atoms with Gasteiger partial charge >= 0.3 is 5.97 Å². The highest BCUT2D eigenvalue weighted by Gasteiger charge is 2.35. The van der Waals surface area contributed by atoms with Crippen LogP contribution in [0, 0.1) is 0 Å². The number of carbonyl (C=O) groups excluding carboxylic acids is 4. The maximum Gasteiger partial charge on any atom is 0.329 e. The molecule has 10 heteroatoms. The molecule has 0 aromatic heterocycles. The maximum absolute atomic E-state index is 12.7. The molecule has 31 heavy (non-hydrogen) atoms. The van der Waals surface area contributed by atoms with E-state index in [0.717, 1.165) is 0 Å². The molecule has 0 N–H and O–H groups in total. The topological polar surface area (TPSA) is 87.2 Å². The predicted molar refractivity (Wildman–Crippen MR) is 118 cm³/mol. The molecule has 1 atom stereocenters. The number of hydrogen-bond donors (Lipinski definition) is 0. The molecule has 0 aliphatic carbocycles. The summed E-state index contributed by atoms with van der Waals surface area (Å²) in [6.07, 6.45) is 2.86. The fraction of sp³-hybridized carbons (Fsp3) is 0.429. The zero-order chi connectivity index (χ0) is 23.1. The molecule has 168 valence electrons. The second-order valence-corrected chi connectivity index (χ2v) is 8.01. The van der Waals surface area contributed by atoms with Crippen LogP contribution in [0.2, 0.25) is 10.0 Å². The number of nitrogens with zero attached hydrogens (tertiary/aromatic N) is 3. The first-order valence-electron chi connectivity index (χ1n) is 9.63. The number of benzene rings is 1. The Morgan fingerprint density at radius 3 is 2.48 bits per heavy atom. The fourth-order valence-electron chi connectivity index (χ4n) is 3.08. The number of methoxy groups -OCH3 is 1. The van der Waals surface area contributed by atoms with E-state index in [0.29, 0.717) is 15.6 Å². The van der Waals surface area contributed by atoms with Gasteiger partial charge in [0.1, 0.15) is 6.04 Å². The van der Waals surface area contributed by atoms with Crippen molar-refractivity contribution in [2.75, 3.05) is 40.8 Å². The molecule has 8 nitrogen and oxygen atoms in total. The Hall–Kier alpha value is -2.58. The lowest BCUT2D eigenvalue weighted by Crippen LogP contribution is -2.48. The van der Waals surface area contributed by atoms with Gasteiger partial charge in [-0.05, 0) is 23.8 Å². The molecule has 1 aliphatic heterocycles. The van der Waals surface area contributed by atoms with Crippen LogP contribution in [0.15, 0.2) is 24.3 Å². The van der Waals surface area contributed by atoms with Gasteiger partial charge in [0.15, 0.2) is 0 Å². The van der Waals surface area contributed by atoms with E-state index in [-0.39, 0.29) is 50.2 Å². The summed E-state index contributed by atoms with van der Waals surface area (Å²) < 4.78 is 4.80. The normalized spacial score (nSPS) is 15.6. The molecule has 0 bridgehead atoms. The molecule has 1 fully saturated rings. The van der Waals surface area contributed by atoms with Crippen molar-refractivity contribution in [1.29, 1.82) is 0 Å². The minimum absolute atomic E-state index is 0.0377. The number of rotatable bonds is 6. The number of carbonyl (C=O) groups is 4. The van der Waals surface area contributed by atoms with E-state index in [1.54, 1.807) is 38.4 Å². The minimum atomic E-state index is -1.03. The third-order valence-electron chi connectivity index (χ3n) is 4.92. The van der Waals surface area contributed by atoms with Crippen molar-refractivity contribution in [3.63, 3.8) is 0 Å². The van der Waals surface area contributed by atoms with Gasteiger partial charge in [0, 0.05) is 46.2 Å². The van der Waals surface area contributed by atoms with Crippen molar-refractivity contribution in [2.24, 2.45) is 0 Å². The Labute approximate surface area is 191 Å². The summed E-state index contributed by atoms with van der Waals surface area (Å²) in [6.45, 7) is 0.543. The molecule has 0 spiro atoms. The Bertz CT molecular complexity index is 888. The second-order valence-electron chi connectivity index (χ2n) is 7.20. The monoisotopic (exact) mass is 469 g/mol. The van der Waals surface area contributed by atoms with E-state index in [4.69, 9.17) is 27.9 Å². The van der Waals surface area contributed by atoms with Crippen LogP contribution < -0.4 is 0 Å². The van der Waals surface area contributed by atoms with E-state index in [1.165, 1.54) is 27.9 Å². The van der Waals surface area contributed by atoms with E-state index in [9.17, 15) is 19.2 Å². The molecule has 2 rings (SSSR count). The van der Waals surface area contributed by atoms with E-state index in [2.05, 4.69) is 0 Å². The Kier molecular flexibility index (Phi) is 8.88. The third kappa shape index (κ3) is 6.70. The average Bonchev–Trinajstić information content (AvgIpc) is 2.93. The fourth-order valence-corrected chi connectivity index (χ4v) is 3.39. The lowest BCUT2D eigenvalue weighted by atomic mass is 10.1. The SMILES string of the molecule is COC(=O)C(CC(=O)N(C)C)N1CCN(C(=O)/C=C/c2ccc(Cl)c(Cl)c2)CCC1=O. The molecule has 1 heterocycles. The van der Waals surface area contributed by atoms with Crippen molar-refractivity contribution in [2.45, 2.75) is 18.9 Å². The molecule has 0 saturated carbocycles. The Morgan fingerprint density at radius 1 is 1.16 bits per heavy atom. The number of esters is 1. The average molecular weight is 470 g/mol. The molecular formula is C21H25Cl2N3O5.